The van der Waals surface area contributed by atoms with E-state index in [0.717, 1.165) is 56.7 Å². The van der Waals surface area contributed by atoms with Crippen molar-refractivity contribution in [1.29, 1.82) is 0 Å². The minimum Gasteiger partial charge on any atom is -0.490 e. The van der Waals surface area contributed by atoms with Gasteiger partial charge in [0.05, 0.1) is 23.4 Å². The lowest BCUT2D eigenvalue weighted by Gasteiger charge is -2.49. The fourth-order valence-electron chi connectivity index (χ4n) is 6.20. The highest BCUT2D eigenvalue weighted by atomic mass is 127. The van der Waals surface area contributed by atoms with Crippen LogP contribution in [0.25, 0.3) is 0 Å². The maximum atomic E-state index is 14.0. The van der Waals surface area contributed by atoms with Crippen LogP contribution in [0.2, 0.25) is 0 Å². The molecule has 1 aromatic rings. The number of halogens is 1. The fraction of sp³-hybridized carbons (Fsp3) is 0.613. The molecule has 208 valence electrons. The smallest absolute Gasteiger partial charge is 0.174 e. The average Bonchev–Trinajstić information content (AvgIpc) is 2.80. The summed E-state index contributed by atoms with van der Waals surface area (Å²) in [6, 6.07) is 4.08. The molecule has 3 aliphatic rings. The Hall–Kier alpha value is -1.87. The van der Waals surface area contributed by atoms with Gasteiger partial charge in [-0.25, -0.2) is 0 Å². The van der Waals surface area contributed by atoms with Gasteiger partial charge in [-0.15, -0.1) is 0 Å². The minimum absolute atomic E-state index is 0.132. The quantitative estimate of drug-likeness (QED) is 0.278. The molecule has 7 heteroatoms. The van der Waals surface area contributed by atoms with E-state index in [1.807, 2.05) is 13.0 Å². The van der Waals surface area contributed by atoms with Crippen LogP contribution < -0.4 is 9.47 Å². The predicted octanol–water partition coefficient (Wildman–Crippen LogP) is 6.81. The second kappa shape index (κ2) is 11.3. The first-order valence-electron chi connectivity index (χ1n) is 13.8. The Morgan fingerprint density at radius 3 is 1.97 bits per heavy atom. The van der Waals surface area contributed by atoms with Gasteiger partial charge in [0.15, 0.2) is 23.1 Å². The van der Waals surface area contributed by atoms with Gasteiger partial charge in [0, 0.05) is 55.0 Å². The molecule has 1 aromatic carbocycles. The highest BCUT2D eigenvalue weighted by Gasteiger charge is 2.49. The molecule has 0 saturated heterocycles. The molecule has 6 nitrogen and oxygen atoms in total. The molecule has 0 amide bonds. The topological polar surface area (TPSA) is 65.1 Å². The third-order valence-corrected chi connectivity index (χ3v) is 8.46. The number of benzene rings is 1. The summed E-state index contributed by atoms with van der Waals surface area (Å²) in [5.74, 6) is 1.26. The Morgan fingerprint density at radius 2 is 1.47 bits per heavy atom. The number of carbonyl (C=O) groups is 2. The molecule has 0 atom stereocenters. The van der Waals surface area contributed by atoms with E-state index in [1.165, 1.54) is 0 Å². The summed E-state index contributed by atoms with van der Waals surface area (Å²) in [5, 5.41) is 0. The molecule has 0 saturated carbocycles. The van der Waals surface area contributed by atoms with Crippen LogP contribution >= 0.6 is 22.6 Å². The number of rotatable bonds is 9. The lowest BCUT2D eigenvalue weighted by molar-refractivity contribution is -0.119. The highest BCUT2D eigenvalue weighted by molar-refractivity contribution is 14.1. The molecular formula is C31H42INO5. The third kappa shape index (κ3) is 5.69. The largest absolute Gasteiger partial charge is 0.490 e. The van der Waals surface area contributed by atoms with E-state index in [0.29, 0.717) is 45.0 Å². The number of ether oxygens (including phenoxy) is 3. The summed E-state index contributed by atoms with van der Waals surface area (Å²) in [4.78, 5) is 30.2. The van der Waals surface area contributed by atoms with Gasteiger partial charge in [0.1, 0.15) is 0 Å². The van der Waals surface area contributed by atoms with Crippen molar-refractivity contribution in [2.75, 3.05) is 33.5 Å². The summed E-state index contributed by atoms with van der Waals surface area (Å²) in [6.45, 7) is 14.9. The number of ketones is 2. The highest BCUT2D eigenvalue weighted by Crippen LogP contribution is 2.55. The van der Waals surface area contributed by atoms with Crippen molar-refractivity contribution in [3.05, 3.63) is 43.8 Å². The molecule has 0 radical (unpaired) electrons. The van der Waals surface area contributed by atoms with E-state index in [9.17, 15) is 9.59 Å². The van der Waals surface area contributed by atoms with Crippen LogP contribution in [0.15, 0.2) is 34.7 Å². The van der Waals surface area contributed by atoms with Crippen molar-refractivity contribution in [1.82, 2.24) is 4.90 Å². The van der Waals surface area contributed by atoms with Gasteiger partial charge in [-0.1, -0.05) is 34.6 Å². The molecule has 38 heavy (non-hydrogen) atoms. The zero-order valence-corrected chi connectivity index (χ0v) is 26.1. The van der Waals surface area contributed by atoms with E-state index < -0.39 is 5.92 Å². The Labute approximate surface area is 241 Å². The first kappa shape index (κ1) is 29.1. The molecule has 0 fully saturated rings. The molecule has 1 aliphatic heterocycles. The zero-order valence-electron chi connectivity index (χ0n) is 24.0. The number of methoxy groups -OCH3 is 1. The first-order chi connectivity index (χ1) is 17.9. The van der Waals surface area contributed by atoms with Gasteiger partial charge in [-0.2, -0.15) is 0 Å². The Bertz CT molecular complexity index is 1120. The predicted molar refractivity (Wildman–Crippen MR) is 158 cm³/mol. The van der Waals surface area contributed by atoms with Crippen LogP contribution in [0.3, 0.4) is 0 Å². The maximum Gasteiger partial charge on any atom is 0.174 e. The van der Waals surface area contributed by atoms with Gasteiger partial charge < -0.3 is 19.1 Å². The van der Waals surface area contributed by atoms with Gasteiger partial charge in [-0.05, 0) is 77.3 Å². The normalized spacial score (nSPS) is 21.0. The van der Waals surface area contributed by atoms with E-state index in [-0.39, 0.29) is 22.4 Å². The van der Waals surface area contributed by atoms with Crippen LogP contribution in [-0.4, -0.2) is 49.9 Å². The summed E-state index contributed by atoms with van der Waals surface area (Å²) >= 11 is 2.29. The van der Waals surface area contributed by atoms with E-state index >= 15 is 0 Å². The van der Waals surface area contributed by atoms with Crippen molar-refractivity contribution >= 4 is 34.2 Å². The van der Waals surface area contributed by atoms with Crippen molar-refractivity contribution in [2.45, 2.75) is 79.6 Å². The molecule has 2 aliphatic carbocycles. The molecule has 1 heterocycles. The van der Waals surface area contributed by atoms with Crippen LogP contribution in [0.1, 0.15) is 85.1 Å². The number of nitrogens with zero attached hydrogens (tertiary/aromatic N) is 1. The van der Waals surface area contributed by atoms with Crippen LogP contribution in [0.4, 0.5) is 0 Å². The summed E-state index contributed by atoms with van der Waals surface area (Å²) in [5.41, 5.74) is 4.27. The van der Waals surface area contributed by atoms with Gasteiger partial charge >= 0.3 is 0 Å². The number of carbonyl (C=O) groups excluding carboxylic acids is 2. The second-order valence-corrected chi connectivity index (χ2v) is 13.5. The van der Waals surface area contributed by atoms with Crippen molar-refractivity contribution in [2.24, 2.45) is 10.8 Å². The molecule has 0 N–H and O–H groups in total. The molecule has 0 bridgehead atoms. The third-order valence-electron chi connectivity index (χ3n) is 7.66. The minimum atomic E-state index is -0.404. The van der Waals surface area contributed by atoms with Gasteiger partial charge in [0.25, 0.3) is 0 Å². The van der Waals surface area contributed by atoms with E-state index in [1.54, 1.807) is 7.11 Å². The van der Waals surface area contributed by atoms with E-state index in [2.05, 4.69) is 68.2 Å². The monoisotopic (exact) mass is 635 g/mol. The number of Topliss-reactive ketones (excluding diaryl/α,β-unsaturated/α-hetero) is 2. The van der Waals surface area contributed by atoms with Crippen molar-refractivity contribution in [3.8, 4) is 11.5 Å². The number of hydrogen-bond acceptors (Lipinski definition) is 6. The Balaban J connectivity index is 1.98. The average molecular weight is 636 g/mol. The molecular weight excluding hydrogens is 593 g/mol. The second-order valence-electron chi connectivity index (χ2n) is 12.3. The molecule has 0 aromatic heterocycles. The van der Waals surface area contributed by atoms with Crippen molar-refractivity contribution in [3.63, 3.8) is 0 Å². The van der Waals surface area contributed by atoms with Crippen LogP contribution in [-0.2, 0) is 14.3 Å². The molecule has 0 unspecified atom stereocenters. The summed E-state index contributed by atoms with van der Waals surface area (Å²) in [6.07, 6.45) is 3.40. The summed E-state index contributed by atoms with van der Waals surface area (Å²) < 4.78 is 18.5. The zero-order chi connectivity index (χ0) is 27.8. The lowest BCUT2D eigenvalue weighted by atomic mass is 9.63. The fourth-order valence-corrected chi connectivity index (χ4v) is 6.98. The lowest BCUT2D eigenvalue weighted by Crippen LogP contribution is -2.45. The summed E-state index contributed by atoms with van der Waals surface area (Å²) in [7, 11) is 1.70. The standard InChI is InChI=1S/C31H42INO5/c1-8-11-38-29-20(32)13-19(14-25(29)37-9-2)26-27-21(15-30(3,4)17-23(27)34)33(10-12-36-7)22-16-31(5,6)18-24(35)28(22)26/h13-14,26H,8-12,15-18H2,1-7H3. The Kier molecular flexibility index (Phi) is 8.67. The van der Waals surface area contributed by atoms with Gasteiger partial charge in [0.2, 0.25) is 0 Å². The molecule has 4 rings (SSSR count). The molecule has 0 spiro atoms. The van der Waals surface area contributed by atoms with E-state index in [4.69, 9.17) is 14.2 Å². The SMILES string of the molecule is CCCOc1c(I)cc(C2C3=C(CC(C)(C)CC3=O)N(CCOC)C3=C2C(=O)CC(C)(C)C3)cc1OCC. The van der Waals surface area contributed by atoms with Crippen molar-refractivity contribution < 1.29 is 23.8 Å². The van der Waals surface area contributed by atoms with Crippen LogP contribution in [0.5, 0.6) is 11.5 Å². The maximum absolute atomic E-state index is 14.0. The van der Waals surface area contributed by atoms with Crippen LogP contribution in [0, 0.1) is 14.4 Å². The first-order valence-corrected chi connectivity index (χ1v) is 14.9. The number of hydrogen-bond donors (Lipinski definition) is 0. The number of allylic oxidation sites excluding steroid dienone is 4. The Morgan fingerprint density at radius 1 is 0.895 bits per heavy atom. The van der Waals surface area contributed by atoms with Gasteiger partial charge in [-0.3, -0.25) is 9.59 Å².